The van der Waals surface area contributed by atoms with Gasteiger partial charge in [-0.05, 0) is 82.7 Å². The third kappa shape index (κ3) is 1.98. The van der Waals surface area contributed by atoms with Crippen LogP contribution in [0.3, 0.4) is 0 Å². The van der Waals surface area contributed by atoms with Crippen molar-refractivity contribution in [2.24, 2.45) is 0 Å². The minimum atomic E-state index is 1.10. The Balaban J connectivity index is 1.65. The Hall–Kier alpha value is -2.34. The fraction of sp³-hybridized carbons (Fsp3) is 0.217. The first-order valence-electron chi connectivity index (χ1n) is 8.56. The molecule has 0 unspecified atom stereocenters. The van der Waals surface area contributed by atoms with Crippen molar-refractivity contribution >= 4 is 0 Å². The van der Waals surface area contributed by atoms with Crippen LogP contribution in [0, 0.1) is 6.92 Å². The zero-order valence-electron chi connectivity index (χ0n) is 13.5. The smallest absolute Gasteiger partial charge is 0.00145 e. The summed E-state index contributed by atoms with van der Waals surface area (Å²) in [5.41, 5.74) is 13.9. The van der Waals surface area contributed by atoms with Gasteiger partial charge in [-0.1, -0.05) is 54.6 Å². The Morgan fingerprint density at radius 2 is 1.04 bits per heavy atom. The number of hydrogen-bond donors (Lipinski definition) is 0. The first-order chi connectivity index (χ1) is 11.3. The van der Waals surface area contributed by atoms with E-state index in [4.69, 9.17) is 0 Å². The Kier molecular flexibility index (Phi) is 2.76. The van der Waals surface area contributed by atoms with Gasteiger partial charge in [0.1, 0.15) is 0 Å². The second-order valence-corrected chi connectivity index (χ2v) is 7.03. The number of aryl methyl sites for hydroxylation is 1. The molecule has 5 rings (SSSR count). The number of benzene rings is 3. The van der Waals surface area contributed by atoms with Crippen LogP contribution in [0.15, 0.2) is 54.6 Å². The Morgan fingerprint density at radius 1 is 0.478 bits per heavy atom. The molecule has 0 aliphatic heterocycles. The van der Waals surface area contributed by atoms with Gasteiger partial charge in [0.15, 0.2) is 0 Å². The summed E-state index contributed by atoms with van der Waals surface area (Å²) in [7, 11) is 0. The van der Waals surface area contributed by atoms with Crippen LogP contribution in [0.5, 0.6) is 0 Å². The van der Waals surface area contributed by atoms with Crippen LogP contribution in [0.1, 0.15) is 50.1 Å². The lowest BCUT2D eigenvalue weighted by atomic mass is 9.76. The van der Waals surface area contributed by atoms with E-state index in [1.54, 1.807) is 27.8 Å². The molecule has 0 atom stereocenters. The average molecular weight is 296 g/mol. The molecule has 2 aliphatic rings. The highest BCUT2D eigenvalue weighted by atomic mass is 14.3. The second kappa shape index (κ2) is 4.83. The average Bonchev–Trinajstić information content (AvgIpc) is 2.59. The van der Waals surface area contributed by atoms with Gasteiger partial charge in [0, 0.05) is 0 Å². The predicted molar refractivity (Wildman–Crippen MR) is 95.3 cm³/mol. The van der Waals surface area contributed by atoms with Crippen LogP contribution in [-0.2, 0) is 25.7 Å². The van der Waals surface area contributed by atoms with Gasteiger partial charge in [-0.15, -0.1) is 0 Å². The van der Waals surface area contributed by atoms with Crippen molar-refractivity contribution in [3.05, 3.63) is 105 Å². The molecular weight excluding hydrogens is 276 g/mol. The summed E-state index contributed by atoms with van der Waals surface area (Å²) in [6, 6.07) is 20.5. The largest absolute Gasteiger partial charge is 0.0620 e. The predicted octanol–water partition coefficient (Wildman–Crippen LogP) is 4.99. The summed E-state index contributed by atoms with van der Waals surface area (Å²) in [6.07, 6.45) is 4.42. The summed E-state index contributed by atoms with van der Waals surface area (Å²) >= 11 is 0. The Bertz CT molecular complexity index is 931. The molecule has 0 heteroatoms. The molecule has 0 N–H and O–H groups in total. The third-order valence-electron chi connectivity index (χ3n) is 5.73. The van der Waals surface area contributed by atoms with Gasteiger partial charge in [0.05, 0.1) is 0 Å². The summed E-state index contributed by atoms with van der Waals surface area (Å²) in [5, 5.41) is 0. The molecule has 3 aromatic rings. The highest BCUT2D eigenvalue weighted by Gasteiger charge is 2.24. The molecule has 0 bridgehead atoms. The summed E-state index contributed by atoms with van der Waals surface area (Å²) in [6.45, 7) is 2.26. The first-order valence-corrected chi connectivity index (χ1v) is 8.56. The van der Waals surface area contributed by atoms with Crippen LogP contribution in [0.4, 0.5) is 0 Å². The molecule has 0 saturated heterocycles. The van der Waals surface area contributed by atoms with E-state index in [0.717, 1.165) is 25.7 Å². The van der Waals surface area contributed by atoms with Crippen molar-refractivity contribution in [2.75, 3.05) is 0 Å². The van der Waals surface area contributed by atoms with Gasteiger partial charge in [0.2, 0.25) is 0 Å². The second-order valence-electron chi connectivity index (χ2n) is 7.03. The topological polar surface area (TPSA) is 0 Å². The van der Waals surface area contributed by atoms with E-state index in [9.17, 15) is 0 Å². The molecule has 3 aromatic carbocycles. The number of fused-ring (bicyclic) bond motifs is 5. The SMILES string of the molecule is Cc1cccc2c1Cc1c(ccc3c1Cc1ccccc1C3)C2. The molecule has 0 radical (unpaired) electrons. The highest BCUT2D eigenvalue weighted by molar-refractivity contribution is 5.56. The van der Waals surface area contributed by atoms with Crippen molar-refractivity contribution in [3.8, 4) is 0 Å². The maximum atomic E-state index is 2.38. The van der Waals surface area contributed by atoms with Crippen LogP contribution in [-0.4, -0.2) is 0 Å². The maximum Gasteiger partial charge on any atom is -0.00145 e. The molecule has 0 spiro atoms. The van der Waals surface area contributed by atoms with E-state index < -0.39 is 0 Å². The van der Waals surface area contributed by atoms with E-state index in [2.05, 4.69) is 61.5 Å². The summed E-state index contributed by atoms with van der Waals surface area (Å²) in [5.74, 6) is 0. The van der Waals surface area contributed by atoms with Crippen molar-refractivity contribution in [1.29, 1.82) is 0 Å². The van der Waals surface area contributed by atoms with Crippen LogP contribution in [0.2, 0.25) is 0 Å². The molecule has 0 heterocycles. The minimum Gasteiger partial charge on any atom is -0.0620 e. The van der Waals surface area contributed by atoms with Gasteiger partial charge in [0.25, 0.3) is 0 Å². The number of rotatable bonds is 0. The molecular formula is C23H20. The van der Waals surface area contributed by atoms with E-state index in [1.165, 1.54) is 22.3 Å². The van der Waals surface area contributed by atoms with Crippen LogP contribution < -0.4 is 0 Å². The number of hydrogen-bond acceptors (Lipinski definition) is 0. The van der Waals surface area contributed by atoms with Gasteiger partial charge < -0.3 is 0 Å². The third-order valence-corrected chi connectivity index (χ3v) is 5.73. The van der Waals surface area contributed by atoms with Gasteiger partial charge >= 0.3 is 0 Å². The standard InChI is InChI=1S/C23H20/c1-15-5-4-8-18-12-20-10-9-19-11-16-6-2-3-7-17(16)13-22(19)23(20)14-21(15)18/h2-10H,11-14H2,1H3. The van der Waals surface area contributed by atoms with Gasteiger partial charge in [-0.25, -0.2) is 0 Å². The lowest BCUT2D eigenvalue weighted by molar-refractivity contribution is 0.914. The zero-order valence-corrected chi connectivity index (χ0v) is 13.5. The fourth-order valence-corrected chi connectivity index (χ4v) is 4.42. The normalized spacial score (nSPS) is 14.5. The van der Waals surface area contributed by atoms with Crippen molar-refractivity contribution in [3.63, 3.8) is 0 Å². The first kappa shape index (κ1) is 13.1. The molecule has 112 valence electrons. The maximum absolute atomic E-state index is 2.38. The summed E-state index contributed by atoms with van der Waals surface area (Å²) < 4.78 is 0. The molecule has 0 fully saturated rings. The van der Waals surface area contributed by atoms with Crippen LogP contribution >= 0.6 is 0 Å². The van der Waals surface area contributed by atoms with Crippen molar-refractivity contribution < 1.29 is 0 Å². The zero-order chi connectivity index (χ0) is 15.4. The van der Waals surface area contributed by atoms with Crippen molar-refractivity contribution in [1.82, 2.24) is 0 Å². The molecule has 0 aromatic heterocycles. The van der Waals surface area contributed by atoms with Gasteiger partial charge in [-0.2, -0.15) is 0 Å². The summed E-state index contributed by atoms with van der Waals surface area (Å²) in [4.78, 5) is 0. The monoisotopic (exact) mass is 296 g/mol. The Labute approximate surface area is 137 Å². The van der Waals surface area contributed by atoms with Gasteiger partial charge in [-0.3, -0.25) is 0 Å². The molecule has 23 heavy (non-hydrogen) atoms. The highest BCUT2D eigenvalue weighted by Crippen LogP contribution is 2.36. The van der Waals surface area contributed by atoms with E-state index in [1.807, 2.05) is 0 Å². The molecule has 0 saturated carbocycles. The minimum absolute atomic E-state index is 1.10. The Morgan fingerprint density at radius 3 is 1.83 bits per heavy atom. The molecule has 0 amide bonds. The lowest BCUT2D eigenvalue weighted by Gasteiger charge is -2.28. The van der Waals surface area contributed by atoms with E-state index >= 15 is 0 Å². The van der Waals surface area contributed by atoms with E-state index in [0.29, 0.717) is 0 Å². The van der Waals surface area contributed by atoms with Crippen LogP contribution in [0.25, 0.3) is 0 Å². The fourth-order valence-electron chi connectivity index (χ4n) is 4.42. The molecule has 2 aliphatic carbocycles. The quantitative estimate of drug-likeness (QED) is 0.378. The lowest BCUT2D eigenvalue weighted by Crippen LogP contribution is -2.16. The molecule has 0 nitrogen and oxygen atoms in total. The van der Waals surface area contributed by atoms with Crippen molar-refractivity contribution in [2.45, 2.75) is 32.6 Å². The van der Waals surface area contributed by atoms with E-state index in [-0.39, 0.29) is 0 Å².